The minimum atomic E-state index is -0.174. The van der Waals surface area contributed by atoms with Gasteiger partial charge in [-0.3, -0.25) is 9.48 Å². The van der Waals surface area contributed by atoms with Crippen LogP contribution < -0.4 is 0 Å². The first kappa shape index (κ1) is 10.9. The second-order valence-corrected chi connectivity index (χ2v) is 5.09. The Morgan fingerprint density at radius 1 is 1.53 bits per heavy atom. The van der Waals surface area contributed by atoms with Crippen LogP contribution in [0.5, 0.6) is 0 Å². The average Bonchev–Trinajstić information content (AvgIpc) is 2.85. The molecule has 1 aliphatic heterocycles. The summed E-state index contributed by atoms with van der Waals surface area (Å²) < 4.78 is 2.80. The molecule has 0 unspecified atom stereocenters. The van der Waals surface area contributed by atoms with E-state index < -0.39 is 0 Å². The van der Waals surface area contributed by atoms with Gasteiger partial charge in [0.2, 0.25) is 5.91 Å². The van der Waals surface area contributed by atoms with Crippen molar-refractivity contribution in [1.29, 1.82) is 0 Å². The summed E-state index contributed by atoms with van der Waals surface area (Å²) in [5.74, 6) is 0.187. The molecule has 2 rings (SSSR count). The molecular weight excluding hydrogens is 305 g/mol. The lowest BCUT2D eigenvalue weighted by Gasteiger charge is -2.20. The quantitative estimate of drug-likeness (QED) is 0.778. The fourth-order valence-electron chi connectivity index (χ4n) is 1.84. The fraction of sp³-hybridized carbons (Fsp3) is 0.600. The number of likely N-dealkylation sites (tertiary alicyclic amines) is 1. The summed E-state index contributed by atoms with van der Waals surface area (Å²) in [7, 11) is 0. The van der Waals surface area contributed by atoms with Crippen LogP contribution in [-0.4, -0.2) is 33.7 Å². The van der Waals surface area contributed by atoms with Crippen molar-refractivity contribution < 1.29 is 4.79 Å². The summed E-state index contributed by atoms with van der Waals surface area (Å²) >= 11 is 2.20. The molecule has 1 atom stereocenters. The molecule has 0 N–H and O–H groups in total. The Bertz CT molecular complexity index is 357. The van der Waals surface area contributed by atoms with Crippen LogP contribution in [-0.2, 0) is 4.79 Å². The number of rotatable bonds is 2. The molecule has 4 nitrogen and oxygen atoms in total. The van der Waals surface area contributed by atoms with Crippen molar-refractivity contribution in [1.82, 2.24) is 14.7 Å². The van der Waals surface area contributed by atoms with Crippen LogP contribution in [0.15, 0.2) is 12.4 Å². The van der Waals surface area contributed by atoms with Crippen molar-refractivity contribution in [3.8, 4) is 0 Å². The average molecular weight is 319 g/mol. The van der Waals surface area contributed by atoms with Crippen LogP contribution in [0.25, 0.3) is 0 Å². The predicted octanol–water partition coefficient (Wildman–Crippen LogP) is 1.67. The van der Waals surface area contributed by atoms with Gasteiger partial charge in [0.25, 0.3) is 0 Å². The van der Waals surface area contributed by atoms with E-state index in [9.17, 15) is 4.79 Å². The van der Waals surface area contributed by atoms with Gasteiger partial charge in [-0.2, -0.15) is 5.10 Å². The number of amides is 1. The second-order valence-electron chi connectivity index (χ2n) is 3.85. The summed E-state index contributed by atoms with van der Waals surface area (Å²) in [6.45, 7) is 3.72. The molecule has 1 saturated heterocycles. The summed E-state index contributed by atoms with van der Waals surface area (Å²) in [5, 5.41) is 4.17. The smallest absolute Gasteiger partial charge is 0.247 e. The van der Waals surface area contributed by atoms with Crippen LogP contribution in [0.2, 0.25) is 0 Å². The number of carbonyl (C=O) groups excluding carboxylic acids is 1. The van der Waals surface area contributed by atoms with E-state index in [4.69, 9.17) is 0 Å². The van der Waals surface area contributed by atoms with Gasteiger partial charge in [0.1, 0.15) is 6.04 Å². The zero-order chi connectivity index (χ0) is 10.8. The van der Waals surface area contributed by atoms with Gasteiger partial charge in [0.15, 0.2) is 0 Å². The highest BCUT2D eigenvalue weighted by atomic mass is 127. The van der Waals surface area contributed by atoms with Crippen LogP contribution in [0.3, 0.4) is 0 Å². The van der Waals surface area contributed by atoms with Gasteiger partial charge in [-0.15, -0.1) is 0 Å². The summed E-state index contributed by atoms with van der Waals surface area (Å²) in [5.41, 5.74) is 0. The molecule has 2 heterocycles. The Morgan fingerprint density at radius 3 is 2.73 bits per heavy atom. The Hall–Kier alpha value is -0.590. The van der Waals surface area contributed by atoms with E-state index in [-0.39, 0.29) is 11.9 Å². The minimum absolute atomic E-state index is 0.174. The Kier molecular flexibility index (Phi) is 3.28. The summed E-state index contributed by atoms with van der Waals surface area (Å²) in [6.07, 6.45) is 5.94. The van der Waals surface area contributed by atoms with Crippen molar-refractivity contribution in [3.05, 3.63) is 16.0 Å². The third kappa shape index (κ3) is 2.32. The molecule has 0 spiro atoms. The maximum Gasteiger partial charge on any atom is 0.247 e. The van der Waals surface area contributed by atoms with Gasteiger partial charge in [-0.25, -0.2) is 0 Å². The molecule has 0 radical (unpaired) electrons. The van der Waals surface area contributed by atoms with E-state index >= 15 is 0 Å². The topological polar surface area (TPSA) is 38.1 Å². The number of aromatic nitrogens is 2. The van der Waals surface area contributed by atoms with Gasteiger partial charge in [0.05, 0.1) is 9.77 Å². The predicted molar refractivity (Wildman–Crippen MR) is 65.5 cm³/mol. The lowest BCUT2D eigenvalue weighted by Crippen LogP contribution is -2.34. The van der Waals surface area contributed by atoms with E-state index in [0.717, 1.165) is 29.5 Å². The first-order valence-corrected chi connectivity index (χ1v) is 6.25. The lowest BCUT2D eigenvalue weighted by molar-refractivity contribution is -0.133. The molecule has 1 fully saturated rings. The largest absolute Gasteiger partial charge is 0.341 e. The molecular formula is C10H14IN3O. The van der Waals surface area contributed by atoms with Crippen LogP contribution in [0, 0.1) is 3.57 Å². The van der Waals surface area contributed by atoms with E-state index in [2.05, 4.69) is 27.7 Å². The highest BCUT2D eigenvalue weighted by molar-refractivity contribution is 14.1. The lowest BCUT2D eigenvalue weighted by atomic mass is 10.3. The van der Waals surface area contributed by atoms with Crippen molar-refractivity contribution in [2.45, 2.75) is 25.8 Å². The third-order valence-electron chi connectivity index (χ3n) is 2.74. The van der Waals surface area contributed by atoms with Gasteiger partial charge >= 0.3 is 0 Å². The number of nitrogens with zero attached hydrogens (tertiary/aromatic N) is 3. The maximum absolute atomic E-state index is 12.0. The maximum atomic E-state index is 12.0. The summed E-state index contributed by atoms with van der Waals surface area (Å²) in [4.78, 5) is 13.9. The zero-order valence-electron chi connectivity index (χ0n) is 8.69. The molecule has 0 aliphatic carbocycles. The van der Waals surface area contributed by atoms with Crippen LogP contribution in [0.1, 0.15) is 25.8 Å². The van der Waals surface area contributed by atoms with Crippen molar-refractivity contribution in [2.24, 2.45) is 0 Å². The molecule has 0 bridgehead atoms. The molecule has 0 aromatic carbocycles. The van der Waals surface area contributed by atoms with Crippen molar-refractivity contribution in [2.75, 3.05) is 13.1 Å². The van der Waals surface area contributed by atoms with Crippen molar-refractivity contribution in [3.63, 3.8) is 0 Å². The molecule has 1 aliphatic rings. The monoisotopic (exact) mass is 319 g/mol. The number of hydrogen-bond donors (Lipinski definition) is 0. The standard InChI is InChI=1S/C10H14IN3O/c1-8(14-7-9(11)6-12-14)10(15)13-4-2-3-5-13/h6-8H,2-5H2,1H3/t8-/m0/s1. The third-order valence-corrected chi connectivity index (χ3v) is 3.30. The van der Waals surface area contributed by atoms with Gasteiger partial charge < -0.3 is 4.90 Å². The number of halogens is 1. The first-order chi connectivity index (χ1) is 7.18. The first-order valence-electron chi connectivity index (χ1n) is 5.17. The van der Waals surface area contributed by atoms with E-state index in [0.29, 0.717) is 0 Å². The van der Waals surface area contributed by atoms with Gasteiger partial charge in [-0.05, 0) is 42.4 Å². The Morgan fingerprint density at radius 2 is 2.20 bits per heavy atom. The molecule has 15 heavy (non-hydrogen) atoms. The molecule has 1 amide bonds. The van der Waals surface area contributed by atoms with E-state index in [1.807, 2.05) is 18.0 Å². The second kappa shape index (κ2) is 4.51. The van der Waals surface area contributed by atoms with E-state index in [1.165, 1.54) is 0 Å². The summed E-state index contributed by atoms with van der Waals surface area (Å²) in [6, 6.07) is -0.174. The van der Waals surface area contributed by atoms with Crippen LogP contribution >= 0.6 is 22.6 Å². The zero-order valence-corrected chi connectivity index (χ0v) is 10.8. The molecule has 0 saturated carbocycles. The SMILES string of the molecule is C[C@@H](C(=O)N1CCCC1)n1cc(I)cn1. The molecule has 5 heteroatoms. The normalized spacial score (nSPS) is 18.1. The fourth-order valence-corrected chi connectivity index (χ4v) is 2.25. The molecule has 82 valence electrons. The number of carbonyl (C=O) groups is 1. The van der Waals surface area contributed by atoms with Gasteiger partial charge in [-0.1, -0.05) is 0 Å². The Labute approximate surface area is 103 Å². The highest BCUT2D eigenvalue weighted by Crippen LogP contribution is 2.15. The van der Waals surface area contributed by atoms with Crippen molar-refractivity contribution >= 4 is 28.5 Å². The highest BCUT2D eigenvalue weighted by Gasteiger charge is 2.24. The van der Waals surface area contributed by atoms with E-state index in [1.54, 1.807) is 10.9 Å². The van der Waals surface area contributed by atoms with Crippen LogP contribution in [0.4, 0.5) is 0 Å². The Balaban J connectivity index is 2.06. The molecule has 1 aromatic rings. The number of hydrogen-bond acceptors (Lipinski definition) is 2. The van der Waals surface area contributed by atoms with Gasteiger partial charge in [0, 0.05) is 19.3 Å². The minimum Gasteiger partial charge on any atom is -0.341 e. The molecule has 1 aromatic heterocycles.